The second-order valence-corrected chi connectivity index (χ2v) is 8.21. The molecule has 1 heterocycles. The highest BCUT2D eigenvalue weighted by atomic mass is 32.2. The largest absolute Gasteiger partial charge is 0.493 e. The molecule has 0 aliphatic carbocycles. The lowest BCUT2D eigenvalue weighted by molar-refractivity contribution is -0.113. The number of anilines is 1. The summed E-state index contributed by atoms with van der Waals surface area (Å²) in [6, 6.07) is 25.0. The molecule has 150 valence electrons. The average molecular weight is 434 g/mol. The van der Waals surface area contributed by atoms with Gasteiger partial charge in [0.1, 0.15) is 6.61 Å². The highest BCUT2D eigenvalue weighted by Crippen LogP contribution is 2.37. The maximum atomic E-state index is 12.9. The molecule has 0 N–H and O–H groups in total. The van der Waals surface area contributed by atoms with Gasteiger partial charge in [0, 0.05) is 0 Å². The van der Waals surface area contributed by atoms with Crippen molar-refractivity contribution < 1.29 is 14.3 Å². The summed E-state index contributed by atoms with van der Waals surface area (Å²) >= 11 is 6.73. The molecule has 0 unspecified atom stereocenters. The van der Waals surface area contributed by atoms with E-state index in [1.54, 1.807) is 12.0 Å². The van der Waals surface area contributed by atoms with Crippen molar-refractivity contribution in [3.63, 3.8) is 0 Å². The Morgan fingerprint density at radius 2 is 1.67 bits per heavy atom. The van der Waals surface area contributed by atoms with E-state index in [0.717, 1.165) is 16.8 Å². The number of thioether (sulfide) groups is 1. The molecular formula is C24H19NO3S2. The molecule has 0 spiro atoms. The molecule has 0 bridgehead atoms. The minimum absolute atomic E-state index is 0.126. The summed E-state index contributed by atoms with van der Waals surface area (Å²) in [6.07, 6.45) is 1.83. The smallest absolute Gasteiger partial charge is 0.270 e. The van der Waals surface area contributed by atoms with Crippen LogP contribution in [0.25, 0.3) is 6.08 Å². The highest BCUT2D eigenvalue weighted by molar-refractivity contribution is 8.27. The van der Waals surface area contributed by atoms with Gasteiger partial charge in [-0.1, -0.05) is 78.6 Å². The molecule has 1 aliphatic rings. The Labute approximate surface area is 185 Å². The Bertz CT molecular complexity index is 1100. The number of amides is 1. The molecule has 0 saturated carbocycles. The second kappa shape index (κ2) is 9.15. The summed E-state index contributed by atoms with van der Waals surface area (Å²) in [5, 5.41) is 0. The summed E-state index contributed by atoms with van der Waals surface area (Å²) in [5.74, 6) is 1.13. The number of para-hydroxylation sites is 1. The number of benzene rings is 3. The Hall–Kier alpha value is -3.09. The third-order valence-electron chi connectivity index (χ3n) is 4.53. The third kappa shape index (κ3) is 4.40. The van der Waals surface area contributed by atoms with Crippen LogP contribution in [0.2, 0.25) is 0 Å². The van der Waals surface area contributed by atoms with Gasteiger partial charge in [0.25, 0.3) is 5.91 Å². The molecule has 0 aromatic heterocycles. The standard InChI is InChI=1S/C24H19NO3S2/c1-27-20-13-12-18(14-21(20)28-16-17-8-4-2-5-9-17)15-22-23(26)25(24(29)30-22)19-10-6-3-7-11-19/h2-15H,16H2,1H3. The third-order valence-corrected chi connectivity index (χ3v) is 5.83. The van der Waals surface area contributed by atoms with Gasteiger partial charge in [-0.15, -0.1) is 0 Å². The number of hydrogen-bond donors (Lipinski definition) is 0. The number of carbonyl (C=O) groups excluding carboxylic acids is 1. The molecule has 3 aromatic carbocycles. The van der Waals surface area contributed by atoms with Gasteiger partial charge >= 0.3 is 0 Å². The van der Waals surface area contributed by atoms with Gasteiger partial charge in [0.05, 0.1) is 17.7 Å². The summed E-state index contributed by atoms with van der Waals surface area (Å²) in [7, 11) is 1.61. The number of hydrogen-bond acceptors (Lipinski definition) is 5. The number of thiocarbonyl (C=S) groups is 1. The van der Waals surface area contributed by atoms with Crippen molar-refractivity contribution in [2.24, 2.45) is 0 Å². The first kappa shape index (κ1) is 20.2. The van der Waals surface area contributed by atoms with Crippen molar-refractivity contribution in [3.05, 3.63) is 94.9 Å². The van der Waals surface area contributed by atoms with Crippen LogP contribution in [0.3, 0.4) is 0 Å². The van der Waals surface area contributed by atoms with Crippen LogP contribution in [0.5, 0.6) is 11.5 Å². The lowest BCUT2D eigenvalue weighted by atomic mass is 10.1. The van der Waals surface area contributed by atoms with Crippen LogP contribution in [0.4, 0.5) is 5.69 Å². The minimum Gasteiger partial charge on any atom is -0.493 e. The normalized spacial score (nSPS) is 15.0. The monoisotopic (exact) mass is 433 g/mol. The predicted molar refractivity (Wildman–Crippen MR) is 126 cm³/mol. The first-order valence-corrected chi connectivity index (χ1v) is 10.6. The van der Waals surface area contributed by atoms with Gasteiger partial charge in [-0.25, -0.2) is 0 Å². The number of rotatable bonds is 6. The van der Waals surface area contributed by atoms with Gasteiger partial charge < -0.3 is 9.47 Å². The van der Waals surface area contributed by atoms with Crippen molar-refractivity contribution in [1.82, 2.24) is 0 Å². The molecule has 3 aromatic rings. The van der Waals surface area contributed by atoms with E-state index in [1.807, 2.05) is 84.9 Å². The number of ether oxygens (including phenoxy) is 2. The van der Waals surface area contributed by atoms with Gasteiger partial charge in [-0.2, -0.15) is 0 Å². The lowest BCUT2D eigenvalue weighted by Gasteiger charge is -2.14. The number of methoxy groups -OCH3 is 1. The average Bonchev–Trinajstić information content (AvgIpc) is 3.06. The molecule has 1 amide bonds. The fraction of sp³-hybridized carbons (Fsp3) is 0.0833. The highest BCUT2D eigenvalue weighted by Gasteiger charge is 2.33. The molecule has 4 rings (SSSR count). The van der Waals surface area contributed by atoms with Crippen molar-refractivity contribution in [3.8, 4) is 11.5 Å². The second-order valence-electron chi connectivity index (χ2n) is 6.54. The molecule has 30 heavy (non-hydrogen) atoms. The molecule has 4 nitrogen and oxygen atoms in total. The molecule has 6 heteroatoms. The van der Waals surface area contributed by atoms with E-state index in [4.69, 9.17) is 21.7 Å². The quantitative estimate of drug-likeness (QED) is 0.369. The van der Waals surface area contributed by atoms with E-state index < -0.39 is 0 Å². The van der Waals surface area contributed by atoms with Crippen molar-refractivity contribution in [2.75, 3.05) is 12.0 Å². The first-order valence-electron chi connectivity index (χ1n) is 9.33. The van der Waals surface area contributed by atoms with Gasteiger partial charge in [-0.05, 0) is 41.5 Å². The summed E-state index contributed by atoms with van der Waals surface area (Å²) in [6.45, 7) is 0.427. The van der Waals surface area contributed by atoms with E-state index in [-0.39, 0.29) is 5.91 Å². The van der Waals surface area contributed by atoms with Crippen molar-refractivity contribution in [2.45, 2.75) is 6.61 Å². The van der Waals surface area contributed by atoms with Crippen LogP contribution in [0, 0.1) is 0 Å². The maximum absolute atomic E-state index is 12.9. The summed E-state index contributed by atoms with van der Waals surface area (Å²) in [5.41, 5.74) is 2.67. The molecule has 0 atom stereocenters. The zero-order valence-corrected chi connectivity index (χ0v) is 17.9. The summed E-state index contributed by atoms with van der Waals surface area (Å²) < 4.78 is 11.9. The van der Waals surface area contributed by atoms with E-state index in [9.17, 15) is 4.79 Å². The fourth-order valence-electron chi connectivity index (χ4n) is 3.05. The Balaban J connectivity index is 1.57. The number of nitrogens with zero attached hydrogens (tertiary/aromatic N) is 1. The topological polar surface area (TPSA) is 38.8 Å². The SMILES string of the molecule is COc1ccc(C=C2SC(=S)N(c3ccccc3)C2=O)cc1OCc1ccccc1. The molecular weight excluding hydrogens is 414 g/mol. The summed E-state index contributed by atoms with van der Waals surface area (Å²) in [4.78, 5) is 15.1. The molecule has 1 aliphatic heterocycles. The molecule has 0 radical (unpaired) electrons. The Morgan fingerprint density at radius 1 is 0.967 bits per heavy atom. The van der Waals surface area contributed by atoms with Crippen LogP contribution in [-0.4, -0.2) is 17.3 Å². The Kier molecular flexibility index (Phi) is 6.16. The van der Waals surface area contributed by atoms with Gasteiger partial charge in [0.15, 0.2) is 15.8 Å². The van der Waals surface area contributed by atoms with E-state index >= 15 is 0 Å². The molecule has 1 fully saturated rings. The van der Waals surface area contributed by atoms with Crippen LogP contribution in [-0.2, 0) is 11.4 Å². The zero-order chi connectivity index (χ0) is 20.9. The lowest BCUT2D eigenvalue weighted by Crippen LogP contribution is -2.27. The number of carbonyl (C=O) groups is 1. The van der Waals surface area contributed by atoms with Gasteiger partial charge in [0.2, 0.25) is 0 Å². The van der Waals surface area contributed by atoms with E-state index in [0.29, 0.717) is 27.3 Å². The maximum Gasteiger partial charge on any atom is 0.270 e. The Morgan fingerprint density at radius 3 is 2.37 bits per heavy atom. The van der Waals surface area contributed by atoms with Crippen LogP contribution in [0.15, 0.2) is 83.8 Å². The van der Waals surface area contributed by atoms with E-state index in [1.165, 1.54) is 11.8 Å². The fourth-order valence-corrected chi connectivity index (χ4v) is 4.35. The van der Waals surface area contributed by atoms with E-state index in [2.05, 4.69) is 0 Å². The molecule has 1 saturated heterocycles. The van der Waals surface area contributed by atoms with Crippen LogP contribution >= 0.6 is 24.0 Å². The first-order chi connectivity index (χ1) is 14.7. The zero-order valence-electron chi connectivity index (χ0n) is 16.3. The van der Waals surface area contributed by atoms with Crippen LogP contribution in [0.1, 0.15) is 11.1 Å². The predicted octanol–water partition coefficient (Wildman–Crippen LogP) is 5.68. The van der Waals surface area contributed by atoms with Crippen molar-refractivity contribution >= 4 is 46.0 Å². The minimum atomic E-state index is -0.126. The van der Waals surface area contributed by atoms with Crippen molar-refractivity contribution in [1.29, 1.82) is 0 Å². The van der Waals surface area contributed by atoms with Gasteiger partial charge in [-0.3, -0.25) is 9.69 Å². The van der Waals surface area contributed by atoms with Crippen LogP contribution < -0.4 is 14.4 Å².